The number of hydrogen-bond acceptors (Lipinski definition) is 3. The third kappa shape index (κ3) is 3.63. The van der Waals surface area contributed by atoms with Crippen molar-refractivity contribution in [2.24, 2.45) is 0 Å². The standard InChI is InChI=1S/C19H16FN3O2/c1-13-8-11-23(16-4-2-15(20)3-5-16)19(25)17(13)18(24)22-12-14-6-9-21-10-7-14/h2-11H,12H2,1H3,(H,22,24). The molecule has 0 saturated heterocycles. The van der Waals surface area contributed by atoms with Gasteiger partial charge in [-0.3, -0.25) is 19.1 Å². The summed E-state index contributed by atoms with van der Waals surface area (Å²) < 4.78 is 14.4. The molecule has 0 spiro atoms. The van der Waals surface area contributed by atoms with Crippen molar-refractivity contribution >= 4 is 5.91 Å². The third-order valence-electron chi connectivity index (χ3n) is 3.83. The first-order chi connectivity index (χ1) is 12.1. The smallest absolute Gasteiger partial charge is 0.268 e. The number of nitrogens with one attached hydrogen (secondary N) is 1. The molecular formula is C19H16FN3O2. The van der Waals surface area contributed by atoms with Crippen LogP contribution in [-0.2, 0) is 6.54 Å². The predicted molar refractivity (Wildman–Crippen MR) is 92.1 cm³/mol. The molecule has 25 heavy (non-hydrogen) atoms. The van der Waals surface area contributed by atoms with Gasteiger partial charge in [-0.05, 0) is 60.5 Å². The molecule has 1 amide bonds. The highest BCUT2D eigenvalue weighted by molar-refractivity contribution is 5.95. The molecule has 3 rings (SSSR count). The third-order valence-corrected chi connectivity index (χ3v) is 3.83. The molecule has 0 aliphatic rings. The lowest BCUT2D eigenvalue weighted by Crippen LogP contribution is -2.33. The Kier molecular flexibility index (Phi) is 4.70. The second-order valence-corrected chi connectivity index (χ2v) is 5.56. The number of pyridine rings is 2. The lowest BCUT2D eigenvalue weighted by molar-refractivity contribution is 0.0948. The Morgan fingerprint density at radius 3 is 2.48 bits per heavy atom. The van der Waals surface area contributed by atoms with Crippen LogP contribution in [0.2, 0.25) is 0 Å². The zero-order valence-corrected chi connectivity index (χ0v) is 13.6. The van der Waals surface area contributed by atoms with E-state index in [1.807, 2.05) is 0 Å². The van der Waals surface area contributed by atoms with Crippen LogP contribution in [0.15, 0.2) is 65.8 Å². The monoisotopic (exact) mass is 337 g/mol. The summed E-state index contributed by atoms with van der Waals surface area (Å²) in [5, 5.41) is 2.74. The van der Waals surface area contributed by atoms with Gasteiger partial charge in [-0.25, -0.2) is 4.39 Å². The maximum atomic E-state index is 13.1. The van der Waals surface area contributed by atoms with Gasteiger partial charge in [-0.2, -0.15) is 0 Å². The van der Waals surface area contributed by atoms with Crippen molar-refractivity contribution in [3.8, 4) is 5.69 Å². The summed E-state index contributed by atoms with van der Waals surface area (Å²) >= 11 is 0. The first-order valence-electron chi connectivity index (χ1n) is 7.71. The highest BCUT2D eigenvalue weighted by atomic mass is 19.1. The SMILES string of the molecule is Cc1ccn(-c2ccc(F)cc2)c(=O)c1C(=O)NCc1ccncc1. The maximum Gasteiger partial charge on any atom is 0.268 e. The highest BCUT2D eigenvalue weighted by Gasteiger charge is 2.16. The van der Waals surface area contributed by atoms with Gasteiger partial charge < -0.3 is 5.32 Å². The van der Waals surface area contributed by atoms with Crippen molar-refractivity contribution in [3.05, 3.63) is 93.9 Å². The van der Waals surface area contributed by atoms with E-state index in [9.17, 15) is 14.0 Å². The molecule has 0 aliphatic heterocycles. The maximum absolute atomic E-state index is 13.1. The summed E-state index contributed by atoms with van der Waals surface area (Å²) in [5.41, 5.74) is 1.58. The zero-order valence-electron chi connectivity index (χ0n) is 13.6. The molecule has 5 nitrogen and oxygen atoms in total. The van der Waals surface area contributed by atoms with E-state index < -0.39 is 11.5 Å². The number of aromatic nitrogens is 2. The first kappa shape index (κ1) is 16.6. The molecule has 0 aliphatic carbocycles. The highest BCUT2D eigenvalue weighted by Crippen LogP contribution is 2.10. The molecule has 0 radical (unpaired) electrons. The number of carbonyl (C=O) groups excluding carboxylic acids is 1. The van der Waals surface area contributed by atoms with Crippen LogP contribution in [0, 0.1) is 12.7 Å². The van der Waals surface area contributed by atoms with Gasteiger partial charge in [0, 0.05) is 30.8 Å². The number of carbonyl (C=O) groups is 1. The van der Waals surface area contributed by atoms with E-state index in [2.05, 4.69) is 10.3 Å². The number of halogens is 1. The van der Waals surface area contributed by atoms with Crippen molar-refractivity contribution in [1.29, 1.82) is 0 Å². The lowest BCUT2D eigenvalue weighted by atomic mass is 10.1. The summed E-state index contributed by atoms with van der Waals surface area (Å²) in [4.78, 5) is 29.1. The van der Waals surface area contributed by atoms with Gasteiger partial charge >= 0.3 is 0 Å². The fourth-order valence-electron chi connectivity index (χ4n) is 2.48. The first-order valence-corrected chi connectivity index (χ1v) is 7.71. The molecule has 0 bridgehead atoms. The van der Waals surface area contributed by atoms with Crippen LogP contribution < -0.4 is 10.9 Å². The minimum absolute atomic E-state index is 0.0703. The molecule has 3 aromatic rings. The van der Waals surface area contributed by atoms with Gasteiger partial charge in [0.05, 0.1) is 0 Å². The Labute approximate surface area is 143 Å². The van der Waals surface area contributed by atoms with Crippen molar-refractivity contribution in [2.45, 2.75) is 13.5 Å². The Hall–Kier alpha value is -3.28. The Morgan fingerprint density at radius 1 is 1.12 bits per heavy atom. The van der Waals surface area contributed by atoms with Crippen molar-refractivity contribution < 1.29 is 9.18 Å². The van der Waals surface area contributed by atoms with E-state index in [0.717, 1.165) is 5.56 Å². The number of aryl methyl sites for hydroxylation is 1. The van der Waals surface area contributed by atoms with Crippen LogP contribution in [0.3, 0.4) is 0 Å². The molecular weight excluding hydrogens is 321 g/mol. The molecule has 0 atom stereocenters. The number of rotatable bonds is 4. The Morgan fingerprint density at radius 2 is 1.80 bits per heavy atom. The van der Waals surface area contributed by atoms with E-state index in [4.69, 9.17) is 0 Å². The van der Waals surface area contributed by atoms with Gasteiger partial charge in [0.25, 0.3) is 11.5 Å². The van der Waals surface area contributed by atoms with Crippen molar-refractivity contribution in [2.75, 3.05) is 0 Å². The summed E-state index contributed by atoms with van der Waals surface area (Å²) in [6.07, 6.45) is 4.85. The molecule has 2 heterocycles. The van der Waals surface area contributed by atoms with E-state index in [-0.39, 0.29) is 11.4 Å². The van der Waals surface area contributed by atoms with Crippen LogP contribution in [0.1, 0.15) is 21.5 Å². The zero-order chi connectivity index (χ0) is 17.8. The molecule has 0 saturated carbocycles. The van der Waals surface area contributed by atoms with Gasteiger partial charge in [-0.1, -0.05) is 0 Å². The van der Waals surface area contributed by atoms with E-state index in [1.165, 1.54) is 28.8 Å². The molecule has 1 aromatic carbocycles. The molecule has 2 aromatic heterocycles. The molecule has 0 fully saturated rings. The molecule has 6 heteroatoms. The number of nitrogens with zero attached hydrogens (tertiary/aromatic N) is 2. The van der Waals surface area contributed by atoms with Crippen LogP contribution in [0.25, 0.3) is 5.69 Å². The number of amides is 1. The van der Waals surface area contributed by atoms with Gasteiger partial charge in [0.2, 0.25) is 0 Å². The average molecular weight is 337 g/mol. The number of hydrogen-bond donors (Lipinski definition) is 1. The summed E-state index contributed by atoms with van der Waals surface area (Å²) in [5.74, 6) is -0.838. The van der Waals surface area contributed by atoms with Gasteiger partial charge in [0.15, 0.2) is 0 Å². The van der Waals surface area contributed by atoms with E-state index in [1.54, 1.807) is 43.7 Å². The fraction of sp³-hybridized carbons (Fsp3) is 0.105. The van der Waals surface area contributed by atoms with Gasteiger partial charge in [0.1, 0.15) is 11.4 Å². The normalized spacial score (nSPS) is 10.5. The summed E-state index contributed by atoms with van der Waals surface area (Å²) in [6, 6.07) is 10.8. The Balaban J connectivity index is 1.90. The van der Waals surface area contributed by atoms with E-state index >= 15 is 0 Å². The molecule has 1 N–H and O–H groups in total. The minimum atomic E-state index is -0.448. The van der Waals surface area contributed by atoms with Crippen LogP contribution in [0.4, 0.5) is 4.39 Å². The van der Waals surface area contributed by atoms with Crippen LogP contribution in [0.5, 0.6) is 0 Å². The van der Waals surface area contributed by atoms with Crippen molar-refractivity contribution in [1.82, 2.24) is 14.9 Å². The van der Waals surface area contributed by atoms with Crippen LogP contribution >= 0.6 is 0 Å². The van der Waals surface area contributed by atoms with Crippen molar-refractivity contribution in [3.63, 3.8) is 0 Å². The predicted octanol–water partition coefficient (Wildman–Crippen LogP) is 2.61. The van der Waals surface area contributed by atoms with Gasteiger partial charge in [-0.15, -0.1) is 0 Å². The molecule has 126 valence electrons. The minimum Gasteiger partial charge on any atom is -0.348 e. The summed E-state index contributed by atoms with van der Waals surface area (Å²) in [7, 11) is 0. The Bertz CT molecular complexity index is 951. The second kappa shape index (κ2) is 7.09. The average Bonchev–Trinajstić information content (AvgIpc) is 2.62. The van der Waals surface area contributed by atoms with Crippen LogP contribution in [-0.4, -0.2) is 15.5 Å². The fourth-order valence-corrected chi connectivity index (χ4v) is 2.48. The molecule has 0 unspecified atom stereocenters. The lowest BCUT2D eigenvalue weighted by Gasteiger charge is -2.11. The largest absolute Gasteiger partial charge is 0.348 e. The topological polar surface area (TPSA) is 64.0 Å². The quantitative estimate of drug-likeness (QED) is 0.796. The summed E-state index contributed by atoms with van der Waals surface area (Å²) in [6.45, 7) is 2.00. The second-order valence-electron chi connectivity index (χ2n) is 5.56. The number of benzene rings is 1. The van der Waals surface area contributed by atoms with E-state index in [0.29, 0.717) is 17.8 Å².